The van der Waals surface area contributed by atoms with Crippen LogP contribution in [0.25, 0.3) is 0 Å². The van der Waals surface area contributed by atoms with Crippen LogP contribution >= 0.6 is 0 Å². The van der Waals surface area contributed by atoms with Gasteiger partial charge in [-0.1, -0.05) is 65.2 Å². The van der Waals surface area contributed by atoms with Crippen molar-refractivity contribution in [2.45, 2.75) is 90.9 Å². The molecule has 1 rings (SSSR count). The largest absolute Gasteiger partial charge is 0.465 e. The first kappa shape index (κ1) is 21.0. The van der Waals surface area contributed by atoms with Crippen molar-refractivity contribution in [3.8, 4) is 0 Å². The van der Waals surface area contributed by atoms with Crippen molar-refractivity contribution < 1.29 is 19.1 Å². The molecular formula is C20H36O4. The zero-order valence-corrected chi connectivity index (χ0v) is 15.7. The zero-order chi connectivity index (χ0) is 17.6. The molecule has 1 fully saturated rings. The number of carbonyl (C=O) groups excluding carboxylic acids is 2. The van der Waals surface area contributed by atoms with Gasteiger partial charge < -0.3 is 9.47 Å². The first-order valence-electron chi connectivity index (χ1n) is 10.0. The topological polar surface area (TPSA) is 52.6 Å². The summed E-state index contributed by atoms with van der Waals surface area (Å²) in [5.41, 5.74) is 0. The molecule has 0 amide bonds. The van der Waals surface area contributed by atoms with Crippen LogP contribution < -0.4 is 0 Å². The van der Waals surface area contributed by atoms with Gasteiger partial charge in [-0.3, -0.25) is 9.59 Å². The summed E-state index contributed by atoms with van der Waals surface area (Å²) >= 11 is 0. The van der Waals surface area contributed by atoms with Crippen molar-refractivity contribution in [3.63, 3.8) is 0 Å². The van der Waals surface area contributed by atoms with E-state index in [2.05, 4.69) is 13.8 Å². The van der Waals surface area contributed by atoms with Crippen molar-refractivity contribution >= 4 is 11.9 Å². The summed E-state index contributed by atoms with van der Waals surface area (Å²) in [5.74, 6) is -0.987. The molecule has 0 heterocycles. The maximum absolute atomic E-state index is 12.3. The Bertz CT molecular complexity index is 320. The minimum absolute atomic E-state index is 0.195. The first-order valence-corrected chi connectivity index (χ1v) is 10.0. The SMILES string of the molecule is CCCCCCOC(=O)[C@@H]1CCCC[C@H]1C(=O)OCCCCCC. The summed E-state index contributed by atoms with van der Waals surface area (Å²) < 4.78 is 10.8. The Balaban J connectivity index is 2.34. The van der Waals surface area contributed by atoms with Crippen molar-refractivity contribution in [2.75, 3.05) is 13.2 Å². The molecule has 0 aromatic heterocycles. The van der Waals surface area contributed by atoms with Crippen LogP contribution in [0.3, 0.4) is 0 Å². The van der Waals surface area contributed by atoms with Gasteiger partial charge in [-0.05, 0) is 25.7 Å². The molecule has 0 aliphatic heterocycles. The predicted octanol–water partition coefficient (Wildman–Crippen LogP) is 5.04. The first-order chi connectivity index (χ1) is 11.7. The molecule has 140 valence electrons. The monoisotopic (exact) mass is 340 g/mol. The summed E-state index contributed by atoms with van der Waals surface area (Å²) in [6.07, 6.45) is 12.2. The lowest BCUT2D eigenvalue weighted by atomic mass is 9.79. The number of rotatable bonds is 12. The number of carbonyl (C=O) groups is 2. The standard InChI is InChI=1S/C20H36O4/c1-3-5-7-11-15-23-19(21)17-13-9-10-14-18(17)20(22)24-16-12-8-6-4-2/h17-18H,3-16H2,1-2H3/t17-,18-/m1/s1. The minimum atomic E-state index is -0.298. The highest BCUT2D eigenvalue weighted by Crippen LogP contribution is 2.32. The molecule has 2 atom stereocenters. The number of ether oxygens (including phenoxy) is 2. The Morgan fingerprint density at radius 2 is 1.12 bits per heavy atom. The van der Waals surface area contributed by atoms with Gasteiger partial charge in [0.05, 0.1) is 25.0 Å². The van der Waals surface area contributed by atoms with Gasteiger partial charge in [0, 0.05) is 0 Å². The Hall–Kier alpha value is -1.06. The number of hydrogen-bond acceptors (Lipinski definition) is 4. The van der Waals surface area contributed by atoms with Crippen LogP contribution in [0.4, 0.5) is 0 Å². The van der Waals surface area contributed by atoms with Gasteiger partial charge in [-0.15, -0.1) is 0 Å². The van der Waals surface area contributed by atoms with Gasteiger partial charge in [0.15, 0.2) is 0 Å². The molecule has 4 nitrogen and oxygen atoms in total. The fourth-order valence-electron chi connectivity index (χ4n) is 3.31. The minimum Gasteiger partial charge on any atom is -0.465 e. The summed E-state index contributed by atoms with van der Waals surface area (Å²) in [5, 5.41) is 0. The van der Waals surface area contributed by atoms with E-state index >= 15 is 0 Å². The molecule has 0 bridgehead atoms. The van der Waals surface area contributed by atoms with Crippen LogP contribution in [0.1, 0.15) is 90.9 Å². The van der Waals surface area contributed by atoms with Gasteiger partial charge in [-0.25, -0.2) is 0 Å². The van der Waals surface area contributed by atoms with E-state index < -0.39 is 0 Å². The average Bonchev–Trinajstić information content (AvgIpc) is 2.61. The molecule has 1 aliphatic rings. The predicted molar refractivity (Wildman–Crippen MR) is 95.7 cm³/mol. The molecule has 1 aliphatic carbocycles. The molecule has 0 aromatic rings. The Kier molecular flexibility index (Phi) is 11.6. The molecule has 0 N–H and O–H groups in total. The van der Waals surface area contributed by atoms with Crippen LogP contribution in [0.2, 0.25) is 0 Å². The fraction of sp³-hybridized carbons (Fsp3) is 0.900. The summed E-state index contributed by atoms with van der Waals surface area (Å²) in [6.45, 7) is 5.28. The molecule has 4 heteroatoms. The summed E-state index contributed by atoms with van der Waals surface area (Å²) in [7, 11) is 0. The van der Waals surface area contributed by atoms with E-state index in [9.17, 15) is 9.59 Å². The second-order valence-electron chi connectivity index (χ2n) is 6.95. The number of esters is 2. The van der Waals surface area contributed by atoms with E-state index in [1.165, 1.54) is 25.7 Å². The lowest BCUT2D eigenvalue weighted by Gasteiger charge is -2.28. The molecule has 1 saturated carbocycles. The zero-order valence-electron chi connectivity index (χ0n) is 15.7. The van der Waals surface area contributed by atoms with Crippen LogP contribution in [0.5, 0.6) is 0 Å². The third-order valence-corrected chi connectivity index (χ3v) is 4.86. The van der Waals surface area contributed by atoms with Gasteiger partial charge in [0.2, 0.25) is 0 Å². The van der Waals surface area contributed by atoms with Crippen molar-refractivity contribution in [1.29, 1.82) is 0 Å². The quantitative estimate of drug-likeness (QED) is 0.369. The lowest BCUT2D eigenvalue weighted by Crippen LogP contribution is -2.35. The van der Waals surface area contributed by atoms with Crippen molar-refractivity contribution in [3.05, 3.63) is 0 Å². The van der Waals surface area contributed by atoms with E-state index in [0.717, 1.165) is 51.4 Å². The van der Waals surface area contributed by atoms with Crippen LogP contribution in [-0.4, -0.2) is 25.2 Å². The third-order valence-electron chi connectivity index (χ3n) is 4.86. The maximum Gasteiger partial charge on any atom is 0.309 e. The van der Waals surface area contributed by atoms with E-state index in [4.69, 9.17) is 9.47 Å². The highest BCUT2D eigenvalue weighted by Gasteiger charge is 2.37. The van der Waals surface area contributed by atoms with Gasteiger partial charge in [0.1, 0.15) is 0 Å². The second kappa shape index (κ2) is 13.3. The highest BCUT2D eigenvalue weighted by atomic mass is 16.5. The number of hydrogen-bond donors (Lipinski definition) is 0. The van der Waals surface area contributed by atoms with Gasteiger partial charge in [-0.2, -0.15) is 0 Å². The van der Waals surface area contributed by atoms with Crippen LogP contribution in [0.15, 0.2) is 0 Å². The normalized spacial score (nSPS) is 20.6. The molecular weight excluding hydrogens is 304 g/mol. The highest BCUT2D eigenvalue weighted by molar-refractivity contribution is 5.82. The van der Waals surface area contributed by atoms with Gasteiger partial charge in [0.25, 0.3) is 0 Å². The Morgan fingerprint density at radius 3 is 1.50 bits per heavy atom. The second-order valence-corrected chi connectivity index (χ2v) is 6.95. The lowest BCUT2D eigenvalue weighted by molar-refractivity contribution is -0.163. The summed E-state index contributed by atoms with van der Waals surface area (Å²) in [6, 6.07) is 0. The fourth-order valence-corrected chi connectivity index (χ4v) is 3.31. The van der Waals surface area contributed by atoms with Gasteiger partial charge >= 0.3 is 11.9 Å². The van der Waals surface area contributed by atoms with E-state index in [-0.39, 0.29) is 23.8 Å². The average molecular weight is 341 g/mol. The maximum atomic E-state index is 12.3. The molecule has 0 unspecified atom stereocenters. The smallest absolute Gasteiger partial charge is 0.309 e. The number of unbranched alkanes of at least 4 members (excludes halogenated alkanes) is 6. The van der Waals surface area contributed by atoms with E-state index in [0.29, 0.717) is 13.2 Å². The van der Waals surface area contributed by atoms with E-state index in [1.807, 2.05) is 0 Å². The summed E-state index contributed by atoms with van der Waals surface area (Å²) in [4.78, 5) is 24.7. The molecule has 0 saturated heterocycles. The van der Waals surface area contributed by atoms with Crippen LogP contribution in [-0.2, 0) is 19.1 Å². The van der Waals surface area contributed by atoms with Crippen molar-refractivity contribution in [2.24, 2.45) is 11.8 Å². The Labute approximate surface area is 147 Å². The molecule has 24 heavy (non-hydrogen) atoms. The molecule has 0 radical (unpaired) electrons. The van der Waals surface area contributed by atoms with E-state index in [1.54, 1.807) is 0 Å². The van der Waals surface area contributed by atoms with Crippen molar-refractivity contribution in [1.82, 2.24) is 0 Å². The molecule has 0 aromatic carbocycles. The molecule has 0 spiro atoms. The third kappa shape index (κ3) is 8.16. The Morgan fingerprint density at radius 1 is 0.708 bits per heavy atom. The van der Waals surface area contributed by atoms with Crippen LogP contribution in [0, 0.1) is 11.8 Å².